The number of nitrogens with zero attached hydrogens (tertiary/aromatic N) is 1. The number of carbonyl (C=O) groups is 3. The summed E-state index contributed by atoms with van der Waals surface area (Å²) in [4.78, 5) is 35.3. The number of carbonyl (C=O) groups excluding carboxylic acids is 3. The van der Waals surface area contributed by atoms with Gasteiger partial charge in [0.25, 0.3) is 5.91 Å². The van der Waals surface area contributed by atoms with Crippen LogP contribution in [0.1, 0.15) is 20.8 Å². The quantitative estimate of drug-likeness (QED) is 0.543. The zero-order valence-corrected chi connectivity index (χ0v) is 10.4. The molecule has 0 aromatic carbocycles. The summed E-state index contributed by atoms with van der Waals surface area (Å²) in [7, 11) is 0. The molecule has 1 N–H and O–H groups in total. The van der Waals surface area contributed by atoms with Crippen molar-refractivity contribution in [3.63, 3.8) is 0 Å². The van der Waals surface area contributed by atoms with Crippen molar-refractivity contribution in [2.24, 2.45) is 0 Å². The third-order valence-corrected chi connectivity index (χ3v) is 2.78. The largest absolute Gasteiger partial charge is 0.318 e. The van der Waals surface area contributed by atoms with Crippen LogP contribution in [0.4, 0.5) is 0 Å². The second kappa shape index (κ2) is 3.92. The SMILES string of the molecule is CC(Br)C(=O)N1CC(=O)NC(=O)C1(C)C. The summed E-state index contributed by atoms with van der Waals surface area (Å²) in [5, 5.41) is 2.21. The van der Waals surface area contributed by atoms with Gasteiger partial charge in [-0.3, -0.25) is 19.7 Å². The Hall–Kier alpha value is -0.910. The summed E-state index contributed by atoms with van der Waals surface area (Å²) in [5.74, 6) is -1.15. The van der Waals surface area contributed by atoms with Crippen molar-refractivity contribution in [2.75, 3.05) is 6.54 Å². The third-order valence-electron chi connectivity index (χ3n) is 2.39. The molecule has 5 nitrogen and oxygen atoms in total. The smallest absolute Gasteiger partial charge is 0.252 e. The Balaban J connectivity index is 2.99. The van der Waals surface area contributed by atoms with Gasteiger partial charge in [-0.15, -0.1) is 0 Å². The Labute approximate surface area is 96.3 Å². The lowest BCUT2D eigenvalue weighted by molar-refractivity contribution is -0.155. The van der Waals surface area contributed by atoms with E-state index in [1.165, 1.54) is 4.90 Å². The van der Waals surface area contributed by atoms with Crippen LogP contribution in [0.3, 0.4) is 0 Å². The number of halogens is 1. The molecule has 15 heavy (non-hydrogen) atoms. The average Bonchev–Trinajstić information content (AvgIpc) is 2.10. The maximum absolute atomic E-state index is 11.8. The normalized spacial score (nSPS) is 22.3. The maximum Gasteiger partial charge on any atom is 0.252 e. The molecule has 6 heteroatoms. The summed E-state index contributed by atoms with van der Waals surface area (Å²) in [6, 6.07) is 0. The van der Waals surface area contributed by atoms with Crippen molar-refractivity contribution in [3.05, 3.63) is 0 Å². The average molecular weight is 277 g/mol. The monoisotopic (exact) mass is 276 g/mol. The molecule has 0 saturated carbocycles. The number of amides is 3. The molecular weight excluding hydrogens is 264 g/mol. The van der Waals surface area contributed by atoms with Crippen molar-refractivity contribution >= 4 is 33.7 Å². The molecule has 1 rings (SSSR count). The lowest BCUT2D eigenvalue weighted by Crippen LogP contribution is -2.66. The van der Waals surface area contributed by atoms with Crippen molar-refractivity contribution in [3.8, 4) is 0 Å². The molecule has 1 fully saturated rings. The van der Waals surface area contributed by atoms with Gasteiger partial charge in [-0.25, -0.2) is 0 Å². The van der Waals surface area contributed by atoms with E-state index in [1.54, 1.807) is 20.8 Å². The highest BCUT2D eigenvalue weighted by atomic mass is 79.9. The predicted molar refractivity (Wildman–Crippen MR) is 57.3 cm³/mol. The fourth-order valence-corrected chi connectivity index (χ4v) is 1.60. The standard InChI is InChI=1S/C9H13BrN2O3/c1-5(10)7(14)12-4-6(13)11-8(15)9(12,2)3/h5H,4H2,1-3H3,(H,11,13,15). The van der Waals surface area contributed by atoms with Crippen molar-refractivity contribution in [1.29, 1.82) is 0 Å². The van der Waals surface area contributed by atoms with E-state index in [4.69, 9.17) is 0 Å². The van der Waals surface area contributed by atoms with Crippen LogP contribution in [0.25, 0.3) is 0 Å². The number of hydrogen-bond acceptors (Lipinski definition) is 3. The summed E-state index contributed by atoms with van der Waals surface area (Å²) >= 11 is 3.13. The first-order valence-electron chi connectivity index (χ1n) is 4.56. The zero-order valence-electron chi connectivity index (χ0n) is 8.83. The number of alkyl halides is 1. The Morgan fingerprint density at radius 1 is 1.53 bits per heavy atom. The minimum absolute atomic E-state index is 0.0759. The second-order valence-electron chi connectivity index (χ2n) is 3.98. The van der Waals surface area contributed by atoms with Crippen molar-refractivity contribution in [2.45, 2.75) is 31.1 Å². The van der Waals surface area contributed by atoms with Crippen LogP contribution >= 0.6 is 15.9 Å². The van der Waals surface area contributed by atoms with Crippen LogP contribution in [-0.2, 0) is 14.4 Å². The summed E-state index contributed by atoms with van der Waals surface area (Å²) in [5.41, 5.74) is -0.979. The van der Waals surface area contributed by atoms with Crippen LogP contribution < -0.4 is 5.32 Å². The highest BCUT2D eigenvalue weighted by molar-refractivity contribution is 9.10. The van der Waals surface area contributed by atoms with E-state index < -0.39 is 22.2 Å². The van der Waals surface area contributed by atoms with Crippen molar-refractivity contribution in [1.82, 2.24) is 10.2 Å². The molecule has 1 aliphatic rings. The first-order valence-corrected chi connectivity index (χ1v) is 5.48. The minimum Gasteiger partial charge on any atom is -0.318 e. The molecule has 1 unspecified atom stereocenters. The molecule has 0 aliphatic carbocycles. The summed E-state index contributed by atoms with van der Waals surface area (Å²) < 4.78 is 0. The Morgan fingerprint density at radius 2 is 2.07 bits per heavy atom. The van der Waals surface area contributed by atoms with Crippen molar-refractivity contribution < 1.29 is 14.4 Å². The van der Waals surface area contributed by atoms with Gasteiger partial charge in [-0.05, 0) is 20.8 Å². The summed E-state index contributed by atoms with van der Waals surface area (Å²) in [6.07, 6.45) is 0. The van der Waals surface area contributed by atoms with E-state index in [-0.39, 0.29) is 12.5 Å². The van der Waals surface area contributed by atoms with Gasteiger partial charge in [0.1, 0.15) is 12.1 Å². The highest BCUT2D eigenvalue weighted by Gasteiger charge is 2.44. The van der Waals surface area contributed by atoms with Gasteiger partial charge >= 0.3 is 0 Å². The summed E-state index contributed by atoms with van der Waals surface area (Å²) in [6.45, 7) is 4.81. The topological polar surface area (TPSA) is 66.5 Å². The van der Waals surface area contributed by atoms with E-state index >= 15 is 0 Å². The fourth-order valence-electron chi connectivity index (χ4n) is 1.35. The molecule has 0 aromatic heterocycles. The van der Waals surface area contributed by atoms with Crippen LogP contribution in [0, 0.1) is 0 Å². The van der Waals surface area contributed by atoms with Crippen LogP contribution in [-0.4, -0.2) is 39.5 Å². The number of nitrogens with one attached hydrogen (secondary N) is 1. The Kier molecular flexibility index (Phi) is 3.18. The Bertz CT molecular complexity index is 325. The molecule has 0 spiro atoms. The molecule has 1 aliphatic heterocycles. The molecule has 3 amide bonds. The lowest BCUT2D eigenvalue weighted by atomic mass is 9.98. The predicted octanol–water partition coefficient (Wildman–Crippen LogP) is 0.0334. The van der Waals surface area contributed by atoms with Gasteiger partial charge in [-0.2, -0.15) is 0 Å². The Morgan fingerprint density at radius 3 is 2.53 bits per heavy atom. The van der Waals surface area contributed by atoms with Crippen LogP contribution in [0.15, 0.2) is 0 Å². The molecule has 0 bridgehead atoms. The van der Waals surface area contributed by atoms with Crippen LogP contribution in [0.2, 0.25) is 0 Å². The van der Waals surface area contributed by atoms with E-state index in [2.05, 4.69) is 21.2 Å². The van der Waals surface area contributed by atoms with Gasteiger partial charge in [0.2, 0.25) is 11.8 Å². The third kappa shape index (κ3) is 2.19. The van der Waals surface area contributed by atoms with E-state index in [1.807, 2.05) is 0 Å². The maximum atomic E-state index is 11.8. The lowest BCUT2D eigenvalue weighted by Gasteiger charge is -2.40. The van der Waals surface area contributed by atoms with Gasteiger partial charge in [0, 0.05) is 0 Å². The first kappa shape index (κ1) is 12.2. The molecule has 0 aromatic rings. The minimum atomic E-state index is -0.979. The van der Waals surface area contributed by atoms with E-state index in [0.717, 1.165) is 0 Å². The second-order valence-corrected chi connectivity index (χ2v) is 5.35. The molecule has 84 valence electrons. The molecule has 1 atom stereocenters. The van der Waals surface area contributed by atoms with Gasteiger partial charge in [-0.1, -0.05) is 15.9 Å². The molecule has 0 radical (unpaired) electrons. The number of hydrogen-bond donors (Lipinski definition) is 1. The molecule has 1 heterocycles. The van der Waals surface area contributed by atoms with E-state index in [0.29, 0.717) is 0 Å². The van der Waals surface area contributed by atoms with Crippen LogP contribution in [0.5, 0.6) is 0 Å². The number of imide groups is 1. The van der Waals surface area contributed by atoms with Gasteiger partial charge in [0.15, 0.2) is 0 Å². The highest BCUT2D eigenvalue weighted by Crippen LogP contribution is 2.20. The number of piperazine rings is 1. The fraction of sp³-hybridized carbons (Fsp3) is 0.667. The van der Waals surface area contributed by atoms with E-state index in [9.17, 15) is 14.4 Å². The number of rotatable bonds is 1. The zero-order chi connectivity index (χ0) is 11.8. The van der Waals surface area contributed by atoms with Gasteiger partial charge < -0.3 is 4.90 Å². The molecular formula is C9H13BrN2O3. The first-order chi connectivity index (χ1) is 6.76. The van der Waals surface area contributed by atoms with Gasteiger partial charge in [0.05, 0.1) is 4.83 Å². The molecule has 1 saturated heterocycles.